The summed E-state index contributed by atoms with van der Waals surface area (Å²) < 4.78 is 0. The number of urea groups is 1. The molecule has 0 unspecified atom stereocenters. The van der Waals surface area contributed by atoms with E-state index in [0.29, 0.717) is 11.3 Å². The lowest BCUT2D eigenvalue weighted by Gasteiger charge is -2.07. The fourth-order valence-electron chi connectivity index (χ4n) is 1.08. The van der Waals surface area contributed by atoms with Crippen LogP contribution in [0.15, 0.2) is 24.3 Å². The third kappa shape index (κ3) is 2.32. The minimum atomic E-state index is -0.335. The number of para-hydroxylation sites is 1. The van der Waals surface area contributed by atoms with E-state index < -0.39 is 0 Å². The van der Waals surface area contributed by atoms with E-state index in [2.05, 4.69) is 10.6 Å². The Morgan fingerprint density at radius 2 is 1.86 bits per heavy atom. The number of anilines is 1. The largest absolute Gasteiger partial charge is 0.341 e. The molecule has 74 valence electrons. The van der Waals surface area contributed by atoms with Gasteiger partial charge in [0.15, 0.2) is 5.78 Å². The molecule has 0 aliphatic carbocycles. The SMILES string of the molecule is CNC(=O)Nc1ccccc1C(C)=O. The maximum atomic E-state index is 11.2. The first kappa shape index (κ1) is 10.2. The number of hydrogen-bond donors (Lipinski definition) is 2. The van der Waals surface area contributed by atoms with Gasteiger partial charge >= 0.3 is 6.03 Å². The van der Waals surface area contributed by atoms with E-state index in [1.807, 2.05) is 0 Å². The van der Waals surface area contributed by atoms with Gasteiger partial charge in [0, 0.05) is 12.6 Å². The smallest absolute Gasteiger partial charge is 0.318 e. The number of ketones is 1. The van der Waals surface area contributed by atoms with Gasteiger partial charge in [-0.25, -0.2) is 4.79 Å². The summed E-state index contributed by atoms with van der Waals surface area (Å²) in [5.41, 5.74) is 1.04. The van der Waals surface area contributed by atoms with Gasteiger partial charge in [-0.2, -0.15) is 0 Å². The van der Waals surface area contributed by atoms with Crippen molar-refractivity contribution in [3.8, 4) is 0 Å². The predicted molar refractivity (Wildman–Crippen MR) is 54.5 cm³/mol. The van der Waals surface area contributed by atoms with Crippen LogP contribution in [0.5, 0.6) is 0 Å². The predicted octanol–water partition coefficient (Wildman–Crippen LogP) is 1.64. The minimum absolute atomic E-state index is 0.0722. The standard InChI is InChI=1S/C10H12N2O2/c1-7(13)8-5-3-4-6-9(8)12-10(14)11-2/h3-6H,1-2H3,(H2,11,12,14). The fourth-order valence-corrected chi connectivity index (χ4v) is 1.08. The van der Waals surface area contributed by atoms with E-state index in [0.717, 1.165) is 0 Å². The zero-order valence-corrected chi connectivity index (χ0v) is 8.13. The lowest BCUT2D eigenvalue weighted by molar-refractivity contribution is 0.101. The van der Waals surface area contributed by atoms with Crippen molar-refractivity contribution >= 4 is 17.5 Å². The quantitative estimate of drug-likeness (QED) is 0.700. The maximum Gasteiger partial charge on any atom is 0.318 e. The van der Waals surface area contributed by atoms with E-state index in [1.54, 1.807) is 24.3 Å². The van der Waals surface area contributed by atoms with Crippen LogP contribution in [0.2, 0.25) is 0 Å². The second-order valence-electron chi connectivity index (χ2n) is 2.81. The molecule has 1 rings (SSSR count). The van der Waals surface area contributed by atoms with Crippen LogP contribution in [-0.2, 0) is 0 Å². The Labute approximate surface area is 82.3 Å². The summed E-state index contributed by atoms with van der Waals surface area (Å²) >= 11 is 0. The molecule has 4 heteroatoms. The lowest BCUT2D eigenvalue weighted by atomic mass is 10.1. The van der Waals surface area contributed by atoms with Crippen molar-refractivity contribution in [2.24, 2.45) is 0 Å². The topological polar surface area (TPSA) is 58.2 Å². The van der Waals surface area contributed by atoms with Crippen LogP contribution < -0.4 is 10.6 Å². The second-order valence-corrected chi connectivity index (χ2v) is 2.81. The Morgan fingerprint density at radius 3 is 2.43 bits per heavy atom. The average molecular weight is 192 g/mol. The van der Waals surface area contributed by atoms with Crippen molar-refractivity contribution in [3.63, 3.8) is 0 Å². The Hall–Kier alpha value is -1.84. The molecular formula is C10H12N2O2. The normalized spacial score (nSPS) is 9.29. The molecule has 1 aromatic carbocycles. The summed E-state index contributed by atoms with van der Waals surface area (Å²) in [5, 5.41) is 4.99. The van der Waals surface area contributed by atoms with Crippen molar-refractivity contribution in [1.82, 2.24) is 5.32 Å². The number of carbonyl (C=O) groups excluding carboxylic acids is 2. The van der Waals surface area contributed by atoms with E-state index in [4.69, 9.17) is 0 Å². The third-order valence-corrected chi connectivity index (χ3v) is 1.78. The monoisotopic (exact) mass is 192 g/mol. The average Bonchev–Trinajstić information content (AvgIpc) is 2.18. The fraction of sp³-hybridized carbons (Fsp3) is 0.200. The number of benzene rings is 1. The van der Waals surface area contributed by atoms with Crippen LogP contribution in [0.3, 0.4) is 0 Å². The number of rotatable bonds is 2. The Morgan fingerprint density at radius 1 is 1.21 bits per heavy atom. The second kappa shape index (κ2) is 4.41. The molecule has 0 fully saturated rings. The number of amides is 2. The van der Waals surface area contributed by atoms with Gasteiger partial charge in [-0.3, -0.25) is 4.79 Å². The zero-order valence-electron chi connectivity index (χ0n) is 8.13. The van der Waals surface area contributed by atoms with Crippen molar-refractivity contribution in [2.75, 3.05) is 12.4 Å². The van der Waals surface area contributed by atoms with Crippen molar-refractivity contribution in [2.45, 2.75) is 6.92 Å². The van der Waals surface area contributed by atoms with Crippen LogP contribution in [0, 0.1) is 0 Å². The summed E-state index contributed by atoms with van der Waals surface area (Å²) in [5.74, 6) is -0.0722. The van der Waals surface area contributed by atoms with Crippen molar-refractivity contribution in [1.29, 1.82) is 0 Å². The molecule has 0 radical (unpaired) electrons. The molecular weight excluding hydrogens is 180 g/mol. The van der Waals surface area contributed by atoms with Gasteiger partial charge in [-0.05, 0) is 19.1 Å². The molecule has 0 saturated heterocycles. The van der Waals surface area contributed by atoms with Crippen molar-refractivity contribution in [3.05, 3.63) is 29.8 Å². The highest BCUT2D eigenvalue weighted by atomic mass is 16.2. The molecule has 0 spiro atoms. The summed E-state index contributed by atoms with van der Waals surface area (Å²) in [4.78, 5) is 22.2. The highest BCUT2D eigenvalue weighted by molar-refractivity contribution is 6.03. The van der Waals surface area contributed by atoms with Crippen LogP contribution in [-0.4, -0.2) is 18.9 Å². The molecule has 0 aliphatic heterocycles. The zero-order chi connectivity index (χ0) is 10.6. The summed E-state index contributed by atoms with van der Waals surface area (Å²) in [6.07, 6.45) is 0. The molecule has 0 atom stereocenters. The van der Waals surface area contributed by atoms with Gasteiger partial charge in [0.25, 0.3) is 0 Å². The van der Waals surface area contributed by atoms with E-state index in [-0.39, 0.29) is 11.8 Å². The highest BCUT2D eigenvalue weighted by Crippen LogP contribution is 2.14. The molecule has 2 N–H and O–H groups in total. The molecule has 0 aliphatic rings. The van der Waals surface area contributed by atoms with Crippen LogP contribution in [0.25, 0.3) is 0 Å². The van der Waals surface area contributed by atoms with Gasteiger partial charge in [-0.15, -0.1) is 0 Å². The molecule has 14 heavy (non-hydrogen) atoms. The summed E-state index contributed by atoms with van der Waals surface area (Å²) in [7, 11) is 1.52. The van der Waals surface area contributed by atoms with E-state index in [9.17, 15) is 9.59 Å². The number of carbonyl (C=O) groups is 2. The van der Waals surface area contributed by atoms with Crippen LogP contribution >= 0.6 is 0 Å². The van der Waals surface area contributed by atoms with Gasteiger partial charge in [0.2, 0.25) is 0 Å². The van der Waals surface area contributed by atoms with Crippen molar-refractivity contribution < 1.29 is 9.59 Å². The molecule has 0 heterocycles. The Kier molecular flexibility index (Phi) is 3.23. The first-order valence-corrected chi connectivity index (χ1v) is 4.24. The summed E-state index contributed by atoms with van der Waals surface area (Å²) in [6.45, 7) is 1.46. The Bertz CT molecular complexity index is 361. The van der Waals surface area contributed by atoms with E-state index >= 15 is 0 Å². The molecule has 2 amide bonds. The van der Waals surface area contributed by atoms with Gasteiger partial charge in [0.05, 0.1) is 5.69 Å². The molecule has 0 aromatic heterocycles. The van der Waals surface area contributed by atoms with Gasteiger partial charge in [0.1, 0.15) is 0 Å². The van der Waals surface area contributed by atoms with Gasteiger partial charge in [-0.1, -0.05) is 12.1 Å². The summed E-state index contributed by atoms with van der Waals surface area (Å²) in [6, 6.07) is 6.54. The van der Waals surface area contributed by atoms with Crippen LogP contribution in [0.1, 0.15) is 17.3 Å². The maximum absolute atomic E-state index is 11.2. The first-order valence-electron chi connectivity index (χ1n) is 4.24. The minimum Gasteiger partial charge on any atom is -0.341 e. The number of hydrogen-bond acceptors (Lipinski definition) is 2. The third-order valence-electron chi connectivity index (χ3n) is 1.78. The Balaban J connectivity index is 2.95. The lowest BCUT2D eigenvalue weighted by Crippen LogP contribution is -2.25. The molecule has 0 saturated carbocycles. The number of Topliss-reactive ketones (excluding diaryl/α,β-unsaturated/α-hetero) is 1. The molecule has 4 nitrogen and oxygen atoms in total. The molecule has 0 bridgehead atoms. The molecule has 1 aromatic rings. The van der Waals surface area contributed by atoms with E-state index in [1.165, 1.54) is 14.0 Å². The van der Waals surface area contributed by atoms with Crippen LogP contribution in [0.4, 0.5) is 10.5 Å². The number of nitrogens with one attached hydrogen (secondary N) is 2. The first-order chi connectivity index (χ1) is 6.65. The highest BCUT2D eigenvalue weighted by Gasteiger charge is 2.07. The van der Waals surface area contributed by atoms with Gasteiger partial charge < -0.3 is 10.6 Å².